The van der Waals surface area contributed by atoms with E-state index in [0.29, 0.717) is 12.3 Å². The lowest BCUT2D eigenvalue weighted by molar-refractivity contribution is -0.296. The van der Waals surface area contributed by atoms with Crippen LogP contribution in [-0.2, 0) is 9.47 Å². The molecule has 26 heavy (non-hydrogen) atoms. The molecular formula is C18H29NO7. The highest BCUT2D eigenvalue weighted by atomic mass is 16.7. The summed E-state index contributed by atoms with van der Waals surface area (Å²) in [5, 5.41) is 42.8. The van der Waals surface area contributed by atoms with E-state index in [0.717, 1.165) is 0 Å². The highest BCUT2D eigenvalue weighted by molar-refractivity contribution is 5.30. The van der Waals surface area contributed by atoms with Gasteiger partial charge in [0.15, 0.2) is 12.4 Å². The summed E-state index contributed by atoms with van der Waals surface area (Å²) in [6.07, 6.45) is -5.53. The molecule has 0 aliphatic carbocycles. The lowest BCUT2D eigenvalue weighted by Gasteiger charge is -2.41. The second kappa shape index (κ2) is 8.98. The Kier molecular flexibility index (Phi) is 7.22. The summed E-state index contributed by atoms with van der Waals surface area (Å²) in [5.74, 6) is 0.434. The van der Waals surface area contributed by atoms with Crippen molar-refractivity contribution in [3.8, 4) is 11.5 Å². The van der Waals surface area contributed by atoms with Crippen molar-refractivity contribution in [1.82, 2.24) is 5.32 Å². The topological polar surface area (TPSA) is 121 Å². The number of benzene rings is 1. The van der Waals surface area contributed by atoms with Gasteiger partial charge >= 0.3 is 0 Å². The first-order valence-electron chi connectivity index (χ1n) is 8.66. The van der Waals surface area contributed by atoms with Gasteiger partial charge in [0.05, 0.1) is 13.2 Å². The van der Waals surface area contributed by atoms with E-state index in [-0.39, 0.29) is 17.9 Å². The van der Waals surface area contributed by atoms with E-state index in [4.69, 9.17) is 14.2 Å². The predicted octanol–water partition coefficient (Wildman–Crippen LogP) is -0.0167. The standard InChI is InChI=1S/C18H29NO7/c1-18(2,3)19-8-9-24-17-15(23)16(14(22)13(10-20)26-17)25-12-6-4-11(21)5-7-12/h4-7,13-17,19-23H,8-10H2,1-3H3/t13?,14-,15+,16?,17+/m1/s1. The summed E-state index contributed by atoms with van der Waals surface area (Å²) in [6, 6.07) is 5.90. The highest BCUT2D eigenvalue weighted by Gasteiger charge is 2.46. The molecule has 1 saturated heterocycles. The number of hydrogen-bond donors (Lipinski definition) is 5. The molecule has 148 valence electrons. The molecule has 5 N–H and O–H groups in total. The lowest BCUT2D eigenvalue weighted by Crippen LogP contribution is -2.61. The summed E-state index contributed by atoms with van der Waals surface area (Å²) < 4.78 is 16.7. The Morgan fingerprint density at radius 2 is 1.77 bits per heavy atom. The monoisotopic (exact) mass is 371 g/mol. The van der Waals surface area contributed by atoms with Crippen molar-refractivity contribution in [2.45, 2.75) is 57.0 Å². The van der Waals surface area contributed by atoms with Crippen LogP contribution in [0.1, 0.15) is 20.8 Å². The van der Waals surface area contributed by atoms with Crippen LogP contribution in [-0.4, -0.2) is 76.4 Å². The Balaban J connectivity index is 2.00. The van der Waals surface area contributed by atoms with Crippen LogP contribution in [0.3, 0.4) is 0 Å². The fourth-order valence-corrected chi connectivity index (χ4v) is 2.61. The molecule has 0 bridgehead atoms. The van der Waals surface area contributed by atoms with Crippen LogP contribution in [0.2, 0.25) is 0 Å². The molecule has 2 unspecified atom stereocenters. The minimum Gasteiger partial charge on any atom is -0.508 e. The molecule has 1 fully saturated rings. The molecule has 1 aromatic rings. The maximum Gasteiger partial charge on any atom is 0.187 e. The second-order valence-electron chi connectivity index (χ2n) is 7.33. The number of phenolic OH excluding ortho intramolecular Hbond substituents is 1. The summed E-state index contributed by atoms with van der Waals surface area (Å²) in [7, 11) is 0. The van der Waals surface area contributed by atoms with Gasteiger partial charge in [0.25, 0.3) is 0 Å². The van der Waals surface area contributed by atoms with Gasteiger partial charge in [-0.2, -0.15) is 0 Å². The molecule has 0 amide bonds. The van der Waals surface area contributed by atoms with Crippen LogP contribution in [0.5, 0.6) is 11.5 Å². The molecule has 8 heteroatoms. The van der Waals surface area contributed by atoms with E-state index >= 15 is 0 Å². The van der Waals surface area contributed by atoms with Crippen LogP contribution in [0.15, 0.2) is 24.3 Å². The number of ether oxygens (including phenoxy) is 3. The fraction of sp³-hybridized carbons (Fsp3) is 0.667. The van der Waals surface area contributed by atoms with Crippen molar-refractivity contribution < 1.29 is 34.6 Å². The van der Waals surface area contributed by atoms with E-state index in [2.05, 4.69) is 5.32 Å². The third kappa shape index (κ3) is 5.80. The third-order valence-corrected chi connectivity index (χ3v) is 3.97. The smallest absolute Gasteiger partial charge is 0.187 e. The minimum atomic E-state index is -1.25. The molecule has 0 radical (unpaired) electrons. The average Bonchev–Trinajstić information content (AvgIpc) is 2.58. The first-order chi connectivity index (χ1) is 12.2. The number of aromatic hydroxyl groups is 1. The molecule has 1 aromatic carbocycles. The SMILES string of the molecule is CC(C)(C)NCCO[C@H]1OC(CO)[C@@H](O)C(Oc2ccc(O)cc2)[C@@H]1O. The zero-order valence-corrected chi connectivity index (χ0v) is 15.3. The molecule has 0 saturated carbocycles. The predicted molar refractivity (Wildman–Crippen MR) is 94.0 cm³/mol. The maximum absolute atomic E-state index is 10.5. The van der Waals surface area contributed by atoms with Gasteiger partial charge in [0, 0.05) is 12.1 Å². The van der Waals surface area contributed by atoms with Crippen molar-refractivity contribution in [2.75, 3.05) is 19.8 Å². The van der Waals surface area contributed by atoms with E-state index in [1.807, 2.05) is 20.8 Å². The number of phenols is 1. The molecule has 5 atom stereocenters. The molecular weight excluding hydrogens is 342 g/mol. The van der Waals surface area contributed by atoms with E-state index < -0.39 is 37.3 Å². The van der Waals surface area contributed by atoms with E-state index in [9.17, 15) is 20.4 Å². The van der Waals surface area contributed by atoms with Gasteiger partial charge in [-0.3, -0.25) is 0 Å². The summed E-state index contributed by atoms with van der Waals surface area (Å²) in [4.78, 5) is 0. The largest absolute Gasteiger partial charge is 0.508 e. The summed E-state index contributed by atoms with van der Waals surface area (Å²) in [5.41, 5.74) is -0.0657. The van der Waals surface area contributed by atoms with Crippen LogP contribution >= 0.6 is 0 Å². The Morgan fingerprint density at radius 3 is 2.35 bits per heavy atom. The van der Waals surface area contributed by atoms with Gasteiger partial charge in [0.1, 0.15) is 29.8 Å². The Hall–Kier alpha value is -1.42. The molecule has 1 aliphatic heterocycles. The molecule has 0 spiro atoms. The first-order valence-corrected chi connectivity index (χ1v) is 8.66. The minimum absolute atomic E-state index is 0.0657. The maximum atomic E-state index is 10.5. The van der Waals surface area contributed by atoms with Crippen LogP contribution in [0, 0.1) is 0 Å². The molecule has 1 heterocycles. The van der Waals surface area contributed by atoms with E-state index in [1.54, 1.807) is 0 Å². The van der Waals surface area contributed by atoms with Gasteiger partial charge in [0.2, 0.25) is 0 Å². The van der Waals surface area contributed by atoms with Crippen molar-refractivity contribution >= 4 is 0 Å². The van der Waals surface area contributed by atoms with Crippen molar-refractivity contribution in [3.05, 3.63) is 24.3 Å². The van der Waals surface area contributed by atoms with Gasteiger partial charge in [-0.05, 0) is 45.0 Å². The summed E-state index contributed by atoms with van der Waals surface area (Å²) in [6.45, 7) is 6.46. The fourth-order valence-electron chi connectivity index (χ4n) is 2.61. The van der Waals surface area contributed by atoms with Crippen molar-refractivity contribution in [2.24, 2.45) is 0 Å². The van der Waals surface area contributed by atoms with Gasteiger partial charge < -0.3 is 40.0 Å². The first kappa shape index (κ1) is 20.9. The molecule has 8 nitrogen and oxygen atoms in total. The van der Waals surface area contributed by atoms with E-state index in [1.165, 1.54) is 24.3 Å². The lowest BCUT2D eigenvalue weighted by atomic mass is 9.99. The normalized spacial score (nSPS) is 29.5. The Labute approximate surface area is 153 Å². The Morgan fingerprint density at radius 1 is 1.12 bits per heavy atom. The third-order valence-electron chi connectivity index (χ3n) is 3.97. The van der Waals surface area contributed by atoms with Crippen molar-refractivity contribution in [3.63, 3.8) is 0 Å². The van der Waals surface area contributed by atoms with Crippen molar-refractivity contribution in [1.29, 1.82) is 0 Å². The van der Waals surface area contributed by atoms with Crippen LogP contribution in [0.4, 0.5) is 0 Å². The Bertz CT molecular complexity index is 545. The van der Waals surface area contributed by atoms with Crippen LogP contribution < -0.4 is 10.1 Å². The van der Waals surface area contributed by atoms with Gasteiger partial charge in [-0.15, -0.1) is 0 Å². The average molecular weight is 371 g/mol. The zero-order valence-electron chi connectivity index (χ0n) is 15.3. The quantitative estimate of drug-likeness (QED) is 0.424. The highest BCUT2D eigenvalue weighted by Crippen LogP contribution is 2.27. The second-order valence-corrected chi connectivity index (χ2v) is 7.33. The number of aliphatic hydroxyl groups excluding tert-OH is 3. The van der Waals surface area contributed by atoms with Gasteiger partial charge in [-0.1, -0.05) is 0 Å². The number of aliphatic hydroxyl groups is 3. The van der Waals surface area contributed by atoms with Gasteiger partial charge in [-0.25, -0.2) is 0 Å². The van der Waals surface area contributed by atoms with Crippen LogP contribution in [0.25, 0.3) is 0 Å². The number of rotatable bonds is 7. The molecule has 2 rings (SSSR count). The number of hydrogen-bond acceptors (Lipinski definition) is 8. The number of nitrogens with one attached hydrogen (secondary N) is 1. The zero-order chi connectivity index (χ0) is 19.3. The molecule has 0 aromatic heterocycles. The molecule has 1 aliphatic rings. The summed E-state index contributed by atoms with van der Waals surface area (Å²) >= 11 is 0.